The fourth-order valence-electron chi connectivity index (χ4n) is 2.82. The van der Waals surface area contributed by atoms with Crippen molar-refractivity contribution in [2.24, 2.45) is 11.8 Å². The molecule has 0 aliphatic rings. The SMILES string of the molecule is C=C[C@@H](CO)[C@H](CO)[C@H](O)c1ccc(OCc2ccccc2)c(OC)c1. The Balaban J connectivity index is 2.17. The molecule has 0 heterocycles. The molecule has 140 valence electrons. The third-order valence-corrected chi connectivity index (χ3v) is 4.45. The molecule has 0 saturated carbocycles. The lowest BCUT2D eigenvalue weighted by molar-refractivity contribution is 0.0273. The summed E-state index contributed by atoms with van der Waals surface area (Å²) in [5.41, 5.74) is 1.61. The van der Waals surface area contributed by atoms with Gasteiger partial charge in [-0.3, -0.25) is 0 Å². The van der Waals surface area contributed by atoms with Crippen molar-refractivity contribution in [1.82, 2.24) is 0 Å². The quantitative estimate of drug-likeness (QED) is 0.569. The molecule has 26 heavy (non-hydrogen) atoms. The van der Waals surface area contributed by atoms with E-state index < -0.39 is 17.9 Å². The lowest BCUT2D eigenvalue weighted by Gasteiger charge is -2.27. The maximum atomic E-state index is 10.6. The van der Waals surface area contributed by atoms with Crippen LogP contribution in [0.1, 0.15) is 17.2 Å². The normalized spacial score (nSPS) is 14.3. The molecule has 2 aromatic carbocycles. The van der Waals surface area contributed by atoms with Gasteiger partial charge in [-0.1, -0.05) is 42.5 Å². The average molecular weight is 358 g/mol. The maximum Gasteiger partial charge on any atom is 0.161 e. The van der Waals surface area contributed by atoms with Gasteiger partial charge in [0.15, 0.2) is 11.5 Å². The number of aliphatic hydroxyl groups excluding tert-OH is 3. The van der Waals surface area contributed by atoms with Crippen LogP contribution in [-0.2, 0) is 6.61 Å². The van der Waals surface area contributed by atoms with Gasteiger partial charge in [-0.2, -0.15) is 0 Å². The Morgan fingerprint density at radius 1 is 1.04 bits per heavy atom. The fourth-order valence-corrected chi connectivity index (χ4v) is 2.82. The summed E-state index contributed by atoms with van der Waals surface area (Å²) >= 11 is 0. The summed E-state index contributed by atoms with van der Waals surface area (Å²) in [4.78, 5) is 0. The summed E-state index contributed by atoms with van der Waals surface area (Å²) in [6, 6.07) is 14.9. The standard InChI is InChI=1S/C21H26O5/c1-3-16(12-22)18(13-23)21(24)17-9-10-19(20(11-17)25-2)26-14-15-7-5-4-6-8-15/h3-11,16,18,21-24H,1,12-14H2,2H3/t16-,18-,21+/m0/s1. The van der Waals surface area contributed by atoms with E-state index >= 15 is 0 Å². The highest BCUT2D eigenvalue weighted by atomic mass is 16.5. The number of hydrogen-bond acceptors (Lipinski definition) is 5. The number of benzene rings is 2. The van der Waals surface area contributed by atoms with Crippen molar-refractivity contribution in [2.45, 2.75) is 12.7 Å². The van der Waals surface area contributed by atoms with E-state index in [-0.39, 0.29) is 13.2 Å². The molecule has 0 aliphatic carbocycles. The van der Waals surface area contributed by atoms with E-state index in [9.17, 15) is 15.3 Å². The van der Waals surface area contributed by atoms with Crippen LogP contribution in [0.2, 0.25) is 0 Å². The van der Waals surface area contributed by atoms with Crippen molar-refractivity contribution in [2.75, 3.05) is 20.3 Å². The molecule has 0 amide bonds. The van der Waals surface area contributed by atoms with Gasteiger partial charge in [0, 0.05) is 25.0 Å². The predicted molar refractivity (Wildman–Crippen MR) is 100 cm³/mol. The van der Waals surface area contributed by atoms with E-state index in [0.29, 0.717) is 23.7 Å². The van der Waals surface area contributed by atoms with Crippen LogP contribution in [0.3, 0.4) is 0 Å². The second kappa shape index (κ2) is 9.97. The van der Waals surface area contributed by atoms with Crippen molar-refractivity contribution in [3.8, 4) is 11.5 Å². The van der Waals surface area contributed by atoms with Crippen LogP contribution in [-0.4, -0.2) is 35.6 Å². The Morgan fingerprint density at radius 3 is 2.35 bits per heavy atom. The van der Waals surface area contributed by atoms with E-state index in [1.165, 1.54) is 7.11 Å². The minimum absolute atomic E-state index is 0.193. The first-order valence-corrected chi connectivity index (χ1v) is 8.51. The van der Waals surface area contributed by atoms with Gasteiger partial charge in [-0.15, -0.1) is 6.58 Å². The number of rotatable bonds is 10. The highest BCUT2D eigenvalue weighted by Crippen LogP contribution is 2.35. The zero-order valence-electron chi connectivity index (χ0n) is 14.9. The molecule has 0 fully saturated rings. The Morgan fingerprint density at radius 2 is 1.77 bits per heavy atom. The summed E-state index contributed by atoms with van der Waals surface area (Å²) < 4.78 is 11.2. The minimum Gasteiger partial charge on any atom is -0.493 e. The Kier molecular flexibility index (Phi) is 7.66. The number of hydrogen-bond donors (Lipinski definition) is 3. The van der Waals surface area contributed by atoms with Gasteiger partial charge >= 0.3 is 0 Å². The van der Waals surface area contributed by atoms with Crippen molar-refractivity contribution in [3.05, 3.63) is 72.3 Å². The first-order chi connectivity index (χ1) is 12.6. The first-order valence-electron chi connectivity index (χ1n) is 8.51. The zero-order chi connectivity index (χ0) is 18.9. The van der Waals surface area contributed by atoms with Gasteiger partial charge in [0.2, 0.25) is 0 Å². The molecule has 2 rings (SSSR count). The van der Waals surface area contributed by atoms with E-state index in [1.807, 2.05) is 30.3 Å². The van der Waals surface area contributed by atoms with Gasteiger partial charge < -0.3 is 24.8 Å². The van der Waals surface area contributed by atoms with Crippen molar-refractivity contribution in [1.29, 1.82) is 0 Å². The molecule has 0 saturated heterocycles. The number of ether oxygens (including phenoxy) is 2. The monoisotopic (exact) mass is 358 g/mol. The zero-order valence-corrected chi connectivity index (χ0v) is 14.9. The highest BCUT2D eigenvalue weighted by molar-refractivity contribution is 5.44. The van der Waals surface area contributed by atoms with Crippen LogP contribution >= 0.6 is 0 Å². The summed E-state index contributed by atoms with van der Waals surface area (Å²) in [5.74, 6) is 0.0944. The van der Waals surface area contributed by atoms with Gasteiger partial charge in [-0.05, 0) is 23.3 Å². The van der Waals surface area contributed by atoms with E-state index in [2.05, 4.69) is 6.58 Å². The molecule has 3 atom stereocenters. The van der Waals surface area contributed by atoms with Crippen LogP contribution in [0.4, 0.5) is 0 Å². The summed E-state index contributed by atoms with van der Waals surface area (Å²) in [5, 5.41) is 29.6. The topological polar surface area (TPSA) is 79.2 Å². The molecule has 0 bridgehead atoms. The van der Waals surface area contributed by atoms with Gasteiger partial charge in [0.25, 0.3) is 0 Å². The largest absolute Gasteiger partial charge is 0.493 e. The van der Waals surface area contributed by atoms with E-state index in [0.717, 1.165) is 5.56 Å². The Hall–Kier alpha value is -2.34. The van der Waals surface area contributed by atoms with Gasteiger partial charge in [-0.25, -0.2) is 0 Å². The summed E-state index contributed by atoms with van der Waals surface area (Å²) in [7, 11) is 1.53. The Bertz CT molecular complexity index is 686. The van der Waals surface area contributed by atoms with Crippen LogP contribution < -0.4 is 9.47 Å². The molecule has 0 radical (unpaired) electrons. The van der Waals surface area contributed by atoms with Gasteiger partial charge in [0.05, 0.1) is 13.2 Å². The molecular weight excluding hydrogens is 332 g/mol. The second-order valence-electron chi connectivity index (χ2n) is 6.06. The molecule has 0 spiro atoms. The second-order valence-corrected chi connectivity index (χ2v) is 6.06. The van der Waals surface area contributed by atoms with Crippen molar-refractivity contribution < 1.29 is 24.8 Å². The van der Waals surface area contributed by atoms with Gasteiger partial charge in [0.1, 0.15) is 6.61 Å². The highest BCUT2D eigenvalue weighted by Gasteiger charge is 2.27. The third kappa shape index (κ3) is 4.85. The maximum absolute atomic E-state index is 10.6. The van der Waals surface area contributed by atoms with Crippen LogP contribution in [0.25, 0.3) is 0 Å². The molecule has 5 nitrogen and oxygen atoms in total. The molecule has 5 heteroatoms. The smallest absolute Gasteiger partial charge is 0.161 e. The van der Waals surface area contributed by atoms with Crippen molar-refractivity contribution >= 4 is 0 Å². The Labute approximate surface area is 154 Å². The number of methoxy groups -OCH3 is 1. The van der Waals surface area contributed by atoms with Crippen LogP contribution in [0, 0.1) is 11.8 Å². The summed E-state index contributed by atoms with van der Waals surface area (Å²) in [6.45, 7) is 3.59. The summed E-state index contributed by atoms with van der Waals surface area (Å²) in [6.07, 6.45) is 0.575. The molecule has 0 unspecified atom stereocenters. The molecule has 0 aromatic heterocycles. The molecule has 3 N–H and O–H groups in total. The lowest BCUT2D eigenvalue weighted by atomic mass is 9.85. The molecular formula is C21H26O5. The molecule has 2 aromatic rings. The minimum atomic E-state index is -0.966. The molecule has 0 aliphatic heterocycles. The van der Waals surface area contributed by atoms with Crippen LogP contribution in [0.15, 0.2) is 61.2 Å². The first kappa shape index (κ1) is 20.0. The van der Waals surface area contributed by atoms with E-state index in [4.69, 9.17) is 9.47 Å². The van der Waals surface area contributed by atoms with E-state index in [1.54, 1.807) is 24.3 Å². The fraction of sp³-hybridized carbons (Fsp3) is 0.333. The third-order valence-electron chi connectivity index (χ3n) is 4.45. The predicted octanol–water partition coefficient (Wildman–Crippen LogP) is 2.71. The lowest BCUT2D eigenvalue weighted by Crippen LogP contribution is -2.26. The number of aliphatic hydroxyl groups is 3. The van der Waals surface area contributed by atoms with Crippen LogP contribution in [0.5, 0.6) is 11.5 Å². The van der Waals surface area contributed by atoms with Crippen molar-refractivity contribution in [3.63, 3.8) is 0 Å². The average Bonchev–Trinajstić information content (AvgIpc) is 2.70.